The zero-order valence-electron chi connectivity index (χ0n) is 20.8. The van der Waals surface area contributed by atoms with Crippen molar-refractivity contribution in [1.82, 2.24) is 19.8 Å². The summed E-state index contributed by atoms with van der Waals surface area (Å²) in [6.07, 6.45) is 3.23. The van der Waals surface area contributed by atoms with Crippen LogP contribution in [0, 0.1) is 17.6 Å². The maximum atomic E-state index is 15.6. The van der Waals surface area contributed by atoms with Gasteiger partial charge in [0.1, 0.15) is 29.6 Å². The van der Waals surface area contributed by atoms with E-state index in [1.54, 1.807) is 12.3 Å². The lowest BCUT2D eigenvalue weighted by molar-refractivity contribution is -0.0374. The lowest BCUT2D eigenvalue weighted by Gasteiger charge is -2.42. The molecule has 0 saturated carbocycles. The van der Waals surface area contributed by atoms with Gasteiger partial charge >= 0.3 is 0 Å². The van der Waals surface area contributed by atoms with Gasteiger partial charge in [0.05, 0.1) is 12.6 Å². The van der Waals surface area contributed by atoms with E-state index in [4.69, 9.17) is 4.74 Å². The Labute approximate surface area is 208 Å². The van der Waals surface area contributed by atoms with Crippen molar-refractivity contribution in [3.8, 4) is 5.75 Å². The molecule has 9 heteroatoms. The van der Waals surface area contributed by atoms with Crippen LogP contribution in [0.15, 0.2) is 30.5 Å². The average molecular weight is 505 g/mol. The van der Waals surface area contributed by atoms with Gasteiger partial charge < -0.3 is 9.72 Å². The SMILES string of the molecule is CCC1CN(CCOc2cc(F)c(C3c4[nH]c5ncccc5c4CC(C)N3CC(C)(F)F)c(F)c2)C1. The fourth-order valence-electron chi connectivity index (χ4n) is 5.58. The van der Waals surface area contributed by atoms with Gasteiger partial charge in [0.15, 0.2) is 0 Å². The zero-order chi connectivity index (χ0) is 25.6. The molecule has 2 unspecified atom stereocenters. The number of halogens is 4. The molecule has 5 nitrogen and oxygen atoms in total. The average Bonchev–Trinajstić information content (AvgIpc) is 3.14. The molecule has 1 N–H and O–H groups in total. The number of nitrogens with one attached hydrogen (secondary N) is 1. The molecule has 2 aromatic heterocycles. The molecule has 5 rings (SSSR count). The van der Waals surface area contributed by atoms with Crippen LogP contribution < -0.4 is 4.74 Å². The Kier molecular flexibility index (Phi) is 6.72. The third-order valence-electron chi connectivity index (χ3n) is 7.45. The normalized spacial score (nSPS) is 21.5. The molecule has 194 valence electrons. The maximum Gasteiger partial charge on any atom is 0.257 e. The van der Waals surface area contributed by atoms with Crippen LogP contribution in [0.2, 0.25) is 0 Å². The topological polar surface area (TPSA) is 44.4 Å². The Morgan fingerprint density at radius 2 is 1.92 bits per heavy atom. The van der Waals surface area contributed by atoms with Crippen molar-refractivity contribution >= 4 is 11.0 Å². The van der Waals surface area contributed by atoms with E-state index in [9.17, 15) is 8.78 Å². The van der Waals surface area contributed by atoms with Crippen molar-refractivity contribution in [2.75, 3.05) is 32.8 Å². The van der Waals surface area contributed by atoms with Crippen molar-refractivity contribution in [1.29, 1.82) is 0 Å². The first-order valence-electron chi connectivity index (χ1n) is 12.6. The standard InChI is InChI=1S/C27H32F4N4O/c1-4-17-13-34(14-17)8-9-36-18-11-21(28)23(22(29)12-18)25-24-20(19-6-5-7-32-26(19)33-24)10-16(2)35(25)15-27(3,30)31/h5-7,11-12,16-17,25H,4,8-10,13-15H2,1-3H3,(H,32,33). The summed E-state index contributed by atoms with van der Waals surface area (Å²) in [5.41, 5.74) is 1.66. The van der Waals surface area contributed by atoms with E-state index in [1.165, 1.54) is 4.90 Å². The molecular formula is C27H32F4N4O. The van der Waals surface area contributed by atoms with E-state index >= 15 is 8.78 Å². The Balaban J connectivity index is 1.47. The van der Waals surface area contributed by atoms with Crippen LogP contribution in [-0.2, 0) is 6.42 Å². The maximum absolute atomic E-state index is 15.6. The molecule has 3 aromatic rings. The minimum Gasteiger partial charge on any atom is -0.492 e. The van der Waals surface area contributed by atoms with Gasteiger partial charge in [0.2, 0.25) is 0 Å². The number of ether oxygens (including phenoxy) is 1. The van der Waals surface area contributed by atoms with Crippen LogP contribution in [0.4, 0.5) is 17.6 Å². The number of hydrogen-bond donors (Lipinski definition) is 1. The first kappa shape index (κ1) is 25.0. The predicted molar refractivity (Wildman–Crippen MR) is 131 cm³/mol. The van der Waals surface area contributed by atoms with Crippen LogP contribution in [0.25, 0.3) is 11.0 Å². The number of rotatable bonds is 8. The number of aromatic amines is 1. The van der Waals surface area contributed by atoms with Crippen molar-refractivity contribution in [2.45, 2.75) is 51.6 Å². The van der Waals surface area contributed by atoms with Crippen molar-refractivity contribution in [2.24, 2.45) is 5.92 Å². The number of aromatic nitrogens is 2. The van der Waals surface area contributed by atoms with Crippen LogP contribution in [0.1, 0.15) is 50.1 Å². The van der Waals surface area contributed by atoms with Gasteiger partial charge in [-0.05, 0) is 37.0 Å². The van der Waals surface area contributed by atoms with E-state index in [1.807, 2.05) is 13.0 Å². The number of nitrogens with zero attached hydrogens (tertiary/aromatic N) is 3. The minimum atomic E-state index is -3.04. The van der Waals surface area contributed by atoms with E-state index in [2.05, 4.69) is 21.8 Å². The number of likely N-dealkylation sites (tertiary alicyclic amines) is 1. The smallest absolute Gasteiger partial charge is 0.257 e. The molecule has 0 radical (unpaired) electrons. The van der Waals surface area contributed by atoms with Crippen LogP contribution >= 0.6 is 0 Å². The van der Waals surface area contributed by atoms with E-state index in [-0.39, 0.29) is 17.4 Å². The summed E-state index contributed by atoms with van der Waals surface area (Å²) >= 11 is 0. The van der Waals surface area contributed by atoms with Gasteiger partial charge in [0.25, 0.3) is 5.92 Å². The summed E-state index contributed by atoms with van der Waals surface area (Å²) in [7, 11) is 0. The number of H-pyrrole nitrogens is 1. The number of alkyl halides is 2. The fourth-order valence-corrected chi connectivity index (χ4v) is 5.58. The monoisotopic (exact) mass is 504 g/mol. The van der Waals surface area contributed by atoms with Crippen LogP contribution in [0.3, 0.4) is 0 Å². The zero-order valence-corrected chi connectivity index (χ0v) is 20.8. The molecule has 1 fully saturated rings. The summed E-state index contributed by atoms with van der Waals surface area (Å²) in [5.74, 6) is -3.88. The minimum absolute atomic E-state index is 0.0936. The highest BCUT2D eigenvalue weighted by Crippen LogP contribution is 2.43. The first-order valence-corrected chi connectivity index (χ1v) is 12.6. The molecule has 2 aliphatic rings. The van der Waals surface area contributed by atoms with E-state index < -0.39 is 30.1 Å². The van der Waals surface area contributed by atoms with Crippen molar-refractivity contribution in [3.63, 3.8) is 0 Å². The summed E-state index contributed by atoms with van der Waals surface area (Å²) < 4.78 is 65.2. The summed E-state index contributed by atoms with van der Waals surface area (Å²) in [6.45, 7) is 7.20. The molecule has 1 saturated heterocycles. The molecule has 0 aliphatic carbocycles. The van der Waals surface area contributed by atoms with Gasteiger partial charge in [0, 0.05) is 67.6 Å². The van der Waals surface area contributed by atoms with Gasteiger partial charge in [-0.3, -0.25) is 9.80 Å². The Bertz CT molecular complexity index is 1210. The highest BCUT2D eigenvalue weighted by molar-refractivity contribution is 5.82. The largest absolute Gasteiger partial charge is 0.492 e. The molecule has 2 aliphatic heterocycles. The van der Waals surface area contributed by atoms with E-state index in [0.717, 1.165) is 49.5 Å². The molecule has 4 heterocycles. The predicted octanol–water partition coefficient (Wildman–Crippen LogP) is 5.55. The second-order valence-corrected chi connectivity index (χ2v) is 10.3. The summed E-state index contributed by atoms with van der Waals surface area (Å²) in [4.78, 5) is 11.2. The second kappa shape index (κ2) is 9.67. The van der Waals surface area contributed by atoms with Crippen LogP contribution in [0.5, 0.6) is 5.75 Å². The Hall–Kier alpha value is -2.65. The second-order valence-electron chi connectivity index (χ2n) is 10.3. The molecule has 0 amide bonds. The molecule has 0 spiro atoms. The third-order valence-corrected chi connectivity index (χ3v) is 7.45. The molecule has 36 heavy (non-hydrogen) atoms. The number of hydrogen-bond acceptors (Lipinski definition) is 4. The van der Waals surface area contributed by atoms with Crippen molar-refractivity contribution in [3.05, 3.63) is 58.9 Å². The lowest BCUT2D eigenvalue weighted by Crippen LogP contribution is -2.48. The first-order chi connectivity index (χ1) is 17.1. The molecule has 2 atom stereocenters. The molecule has 0 bridgehead atoms. The van der Waals surface area contributed by atoms with Crippen LogP contribution in [-0.4, -0.2) is 64.5 Å². The molecular weight excluding hydrogens is 472 g/mol. The quantitative estimate of drug-likeness (QED) is 0.409. The summed E-state index contributed by atoms with van der Waals surface area (Å²) in [6, 6.07) is 4.57. The highest BCUT2D eigenvalue weighted by Gasteiger charge is 2.42. The third kappa shape index (κ3) is 4.83. The summed E-state index contributed by atoms with van der Waals surface area (Å²) in [5, 5.41) is 0.837. The number of benzene rings is 1. The molecule has 1 aromatic carbocycles. The Morgan fingerprint density at radius 3 is 2.58 bits per heavy atom. The van der Waals surface area contributed by atoms with Crippen molar-refractivity contribution < 1.29 is 22.3 Å². The Morgan fingerprint density at radius 1 is 1.19 bits per heavy atom. The number of pyridine rings is 1. The fraction of sp³-hybridized carbons (Fsp3) is 0.519. The van der Waals surface area contributed by atoms with Gasteiger partial charge in [-0.2, -0.15) is 0 Å². The van der Waals surface area contributed by atoms with Gasteiger partial charge in [-0.25, -0.2) is 22.5 Å². The van der Waals surface area contributed by atoms with Gasteiger partial charge in [-0.15, -0.1) is 0 Å². The lowest BCUT2D eigenvalue weighted by atomic mass is 9.88. The van der Waals surface area contributed by atoms with Gasteiger partial charge in [-0.1, -0.05) is 13.3 Å². The number of fused-ring (bicyclic) bond motifs is 3. The van der Waals surface area contributed by atoms with E-state index in [0.29, 0.717) is 36.8 Å². The highest BCUT2D eigenvalue weighted by atomic mass is 19.3.